The van der Waals surface area contributed by atoms with Gasteiger partial charge in [-0.05, 0) is 36.0 Å². The summed E-state index contributed by atoms with van der Waals surface area (Å²) in [5.41, 5.74) is 0.335. The number of aromatic nitrogens is 1. The minimum atomic E-state index is -0.473. The van der Waals surface area contributed by atoms with E-state index >= 15 is 0 Å². The van der Waals surface area contributed by atoms with E-state index in [4.69, 9.17) is 11.6 Å². The van der Waals surface area contributed by atoms with Crippen molar-refractivity contribution in [2.75, 3.05) is 11.1 Å². The molecule has 1 N–H and O–H groups in total. The minimum Gasteiger partial charge on any atom is -0.618 e. The van der Waals surface area contributed by atoms with Crippen molar-refractivity contribution in [2.45, 2.75) is 5.03 Å². The molecule has 0 radical (unpaired) electrons. The third-order valence-electron chi connectivity index (χ3n) is 2.34. The summed E-state index contributed by atoms with van der Waals surface area (Å²) < 4.78 is 13.5. The molecule has 20 heavy (non-hydrogen) atoms. The molecule has 0 saturated heterocycles. The van der Waals surface area contributed by atoms with Crippen molar-refractivity contribution >= 4 is 35.0 Å². The van der Waals surface area contributed by atoms with E-state index in [-0.39, 0.29) is 16.7 Å². The van der Waals surface area contributed by atoms with Gasteiger partial charge in [0, 0.05) is 12.1 Å². The van der Waals surface area contributed by atoms with E-state index in [1.54, 1.807) is 18.2 Å². The molecule has 0 bridgehead atoms. The van der Waals surface area contributed by atoms with Gasteiger partial charge in [-0.25, -0.2) is 4.39 Å². The Hall–Kier alpha value is -1.79. The van der Waals surface area contributed by atoms with Crippen LogP contribution in [0.2, 0.25) is 5.02 Å². The topological polar surface area (TPSA) is 56.0 Å². The number of benzene rings is 1. The van der Waals surface area contributed by atoms with Crippen LogP contribution in [0.5, 0.6) is 0 Å². The third kappa shape index (κ3) is 3.85. The van der Waals surface area contributed by atoms with Gasteiger partial charge in [-0.15, -0.1) is 0 Å². The number of nitrogens with zero attached hydrogens (tertiary/aromatic N) is 1. The average Bonchev–Trinajstić information content (AvgIpc) is 2.41. The fraction of sp³-hybridized carbons (Fsp3) is 0.0769. The van der Waals surface area contributed by atoms with Crippen LogP contribution in [0, 0.1) is 11.0 Å². The lowest BCUT2D eigenvalue weighted by molar-refractivity contribution is -0.645. The van der Waals surface area contributed by atoms with Crippen LogP contribution in [0.25, 0.3) is 0 Å². The number of amides is 1. The highest BCUT2D eigenvalue weighted by Gasteiger charge is 2.10. The zero-order valence-electron chi connectivity index (χ0n) is 10.2. The van der Waals surface area contributed by atoms with Gasteiger partial charge in [-0.2, -0.15) is 4.73 Å². The van der Waals surface area contributed by atoms with E-state index in [2.05, 4.69) is 5.32 Å². The number of halogens is 2. The molecule has 0 saturated carbocycles. The van der Waals surface area contributed by atoms with Gasteiger partial charge < -0.3 is 10.5 Å². The van der Waals surface area contributed by atoms with Gasteiger partial charge in [-0.3, -0.25) is 4.79 Å². The van der Waals surface area contributed by atoms with E-state index in [1.807, 2.05) is 0 Å². The Morgan fingerprint density at radius 3 is 2.90 bits per heavy atom. The lowest BCUT2D eigenvalue weighted by Gasteiger charge is -2.07. The molecule has 1 heterocycles. The van der Waals surface area contributed by atoms with Gasteiger partial charge in [0.1, 0.15) is 5.82 Å². The molecule has 0 unspecified atom stereocenters. The summed E-state index contributed by atoms with van der Waals surface area (Å²) in [5, 5.41) is 14.5. The number of carbonyl (C=O) groups excluding carboxylic acids is 1. The van der Waals surface area contributed by atoms with Gasteiger partial charge in [0.15, 0.2) is 6.20 Å². The van der Waals surface area contributed by atoms with Crippen LogP contribution >= 0.6 is 23.4 Å². The molecule has 0 atom stereocenters. The number of pyridine rings is 1. The lowest BCUT2D eigenvalue weighted by Crippen LogP contribution is -2.28. The highest BCUT2D eigenvalue weighted by Crippen LogP contribution is 2.23. The van der Waals surface area contributed by atoms with Crippen molar-refractivity contribution in [3.05, 3.63) is 58.6 Å². The van der Waals surface area contributed by atoms with Crippen LogP contribution in [0.15, 0.2) is 47.6 Å². The highest BCUT2D eigenvalue weighted by atomic mass is 35.5. The highest BCUT2D eigenvalue weighted by molar-refractivity contribution is 7.99. The maximum absolute atomic E-state index is 12.9. The smallest absolute Gasteiger partial charge is 0.251 e. The van der Waals surface area contributed by atoms with Gasteiger partial charge in [0.25, 0.3) is 5.03 Å². The molecule has 0 fully saturated rings. The first-order valence-corrected chi connectivity index (χ1v) is 6.98. The quantitative estimate of drug-likeness (QED) is 0.536. The molecule has 7 heteroatoms. The number of nitrogens with one attached hydrogen (secondary N) is 1. The monoisotopic (exact) mass is 312 g/mol. The number of anilines is 1. The molecule has 2 aromatic rings. The van der Waals surface area contributed by atoms with E-state index in [1.165, 1.54) is 18.3 Å². The maximum atomic E-state index is 12.9. The second kappa shape index (κ2) is 6.58. The minimum absolute atomic E-state index is 0.0555. The largest absolute Gasteiger partial charge is 0.618 e. The van der Waals surface area contributed by atoms with Crippen LogP contribution < -0.4 is 10.0 Å². The average molecular weight is 313 g/mol. The zero-order valence-corrected chi connectivity index (χ0v) is 11.7. The van der Waals surface area contributed by atoms with Crippen molar-refractivity contribution in [1.29, 1.82) is 0 Å². The van der Waals surface area contributed by atoms with Crippen molar-refractivity contribution in [2.24, 2.45) is 0 Å². The first kappa shape index (κ1) is 14.6. The zero-order chi connectivity index (χ0) is 14.5. The lowest BCUT2D eigenvalue weighted by atomic mass is 10.3. The van der Waals surface area contributed by atoms with Crippen LogP contribution in [0.1, 0.15) is 0 Å². The molecule has 0 aliphatic rings. The van der Waals surface area contributed by atoms with Gasteiger partial charge in [0.05, 0.1) is 16.5 Å². The summed E-state index contributed by atoms with van der Waals surface area (Å²) in [7, 11) is 0. The van der Waals surface area contributed by atoms with Gasteiger partial charge in [-0.1, -0.05) is 11.6 Å². The molecular formula is C13H10ClFN2O2S. The fourth-order valence-corrected chi connectivity index (χ4v) is 2.37. The van der Waals surface area contributed by atoms with Crippen LogP contribution in [0.3, 0.4) is 0 Å². The number of thioether (sulfide) groups is 1. The third-order valence-corrected chi connectivity index (χ3v) is 3.68. The Balaban J connectivity index is 1.94. The fourth-order valence-electron chi connectivity index (χ4n) is 1.44. The Bertz CT molecular complexity index is 640. The number of rotatable bonds is 4. The second-order valence-electron chi connectivity index (χ2n) is 3.83. The molecule has 0 aliphatic carbocycles. The molecule has 4 nitrogen and oxygen atoms in total. The first-order chi connectivity index (χ1) is 9.56. The Morgan fingerprint density at radius 1 is 1.40 bits per heavy atom. The van der Waals surface area contributed by atoms with Gasteiger partial charge in [0.2, 0.25) is 5.91 Å². The molecule has 104 valence electrons. The van der Waals surface area contributed by atoms with E-state index in [0.717, 1.165) is 17.8 Å². The Morgan fingerprint density at radius 2 is 2.20 bits per heavy atom. The maximum Gasteiger partial charge on any atom is 0.251 e. The standard InChI is InChI=1S/C13H10ClFN2O2S/c14-10-7-9(15)4-5-11(10)16-12(18)8-20-13-3-1-2-6-17(13)19/h1-7H,8H2,(H,16,18). The van der Waals surface area contributed by atoms with E-state index in [9.17, 15) is 14.4 Å². The Kier molecular flexibility index (Phi) is 4.81. The SMILES string of the molecule is O=C(CSc1cccc[n+]1[O-])Nc1ccc(F)cc1Cl. The summed E-state index contributed by atoms with van der Waals surface area (Å²) in [5.74, 6) is -0.744. The summed E-state index contributed by atoms with van der Waals surface area (Å²) in [4.78, 5) is 11.7. The number of hydrogen-bond acceptors (Lipinski definition) is 3. The van der Waals surface area contributed by atoms with Crippen LogP contribution in [-0.4, -0.2) is 11.7 Å². The molecule has 1 aromatic carbocycles. The molecule has 0 spiro atoms. The summed E-state index contributed by atoms with van der Waals surface area (Å²) in [6.45, 7) is 0. The summed E-state index contributed by atoms with van der Waals surface area (Å²) in [6.07, 6.45) is 1.36. The van der Waals surface area contributed by atoms with E-state index in [0.29, 0.717) is 15.4 Å². The number of carbonyl (C=O) groups is 1. The van der Waals surface area contributed by atoms with Crippen molar-refractivity contribution in [3.63, 3.8) is 0 Å². The second-order valence-corrected chi connectivity index (χ2v) is 5.23. The molecular weight excluding hydrogens is 303 g/mol. The molecule has 1 aromatic heterocycles. The van der Waals surface area contributed by atoms with Crippen LogP contribution in [-0.2, 0) is 4.79 Å². The molecule has 0 aliphatic heterocycles. The summed E-state index contributed by atoms with van der Waals surface area (Å²) >= 11 is 6.91. The summed E-state index contributed by atoms with van der Waals surface area (Å²) in [6, 6.07) is 8.65. The van der Waals surface area contributed by atoms with Gasteiger partial charge >= 0.3 is 0 Å². The molecule has 1 amide bonds. The van der Waals surface area contributed by atoms with Crippen LogP contribution in [0.4, 0.5) is 10.1 Å². The Labute approximate surface area is 124 Å². The predicted molar refractivity (Wildman–Crippen MR) is 76.2 cm³/mol. The van der Waals surface area contributed by atoms with Crippen molar-refractivity contribution in [1.82, 2.24) is 0 Å². The first-order valence-electron chi connectivity index (χ1n) is 5.62. The predicted octanol–water partition coefficient (Wildman–Crippen LogP) is 2.84. The van der Waals surface area contributed by atoms with Crippen molar-refractivity contribution < 1.29 is 13.9 Å². The van der Waals surface area contributed by atoms with E-state index < -0.39 is 5.82 Å². The van der Waals surface area contributed by atoms with Crippen molar-refractivity contribution in [3.8, 4) is 0 Å². The normalized spacial score (nSPS) is 10.3. The molecule has 2 rings (SSSR count). The number of hydrogen-bond donors (Lipinski definition) is 1.